The van der Waals surface area contributed by atoms with Crippen LogP contribution in [0.15, 0.2) is 41.2 Å². The minimum absolute atomic E-state index is 0.174. The number of rotatable bonds is 4. The summed E-state index contributed by atoms with van der Waals surface area (Å²) in [7, 11) is 0. The summed E-state index contributed by atoms with van der Waals surface area (Å²) in [4.78, 5) is 23.8. The average Bonchev–Trinajstić information content (AvgIpc) is 2.43. The Morgan fingerprint density at radius 2 is 2.05 bits per heavy atom. The predicted octanol–water partition coefficient (Wildman–Crippen LogP) is 0.825. The van der Waals surface area contributed by atoms with E-state index in [-0.39, 0.29) is 23.0 Å². The second kappa shape index (κ2) is 6.27. The average molecular weight is 302 g/mol. The van der Waals surface area contributed by atoms with Crippen LogP contribution in [-0.2, 0) is 11.3 Å². The van der Waals surface area contributed by atoms with Crippen molar-refractivity contribution in [2.24, 2.45) is 5.73 Å². The maximum absolute atomic E-state index is 12.0. The number of anilines is 1. The monoisotopic (exact) mass is 302 g/mol. The Bertz CT molecular complexity index is 755. The van der Waals surface area contributed by atoms with E-state index in [2.05, 4.69) is 10.4 Å². The maximum Gasteiger partial charge on any atom is 0.267 e. The third kappa shape index (κ3) is 3.73. The molecule has 1 aromatic carbocycles. The van der Waals surface area contributed by atoms with Gasteiger partial charge in [0.25, 0.3) is 5.56 Å². The number of carbonyl (C=O) groups is 1. The van der Waals surface area contributed by atoms with Crippen molar-refractivity contribution in [1.29, 1.82) is 0 Å². The number of nitrogens with two attached hydrogens (primary N) is 1. The van der Waals surface area contributed by atoms with E-state index in [1.807, 2.05) is 0 Å². The van der Waals surface area contributed by atoms with Crippen LogP contribution in [0, 0.1) is 6.92 Å². The first-order valence-corrected chi connectivity index (χ1v) is 6.61. The number of aromatic nitrogens is 2. The van der Waals surface area contributed by atoms with Gasteiger partial charge in [-0.2, -0.15) is 5.10 Å². The molecule has 0 spiro atoms. The molecule has 1 heterocycles. The van der Waals surface area contributed by atoms with Crippen LogP contribution in [0.4, 0.5) is 5.69 Å². The normalized spacial score (nSPS) is 10.1. The lowest BCUT2D eigenvalue weighted by molar-refractivity contribution is -0.117. The summed E-state index contributed by atoms with van der Waals surface area (Å²) in [6.45, 7) is 1.57. The third-order valence-electron chi connectivity index (χ3n) is 2.76. The number of aryl methyl sites for hydroxylation is 1. The Morgan fingerprint density at radius 3 is 2.76 bits per heavy atom. The standard InChI is InChI=1S/C14H14N4O2S/c1-9-6-7-13(20)18(17-9)8-12(19)16-11-5-3-2-4-10(11)14(15)21/h2-7H,8H2,1H3,(H2,15,21)(H,16,19). The van der Waals surface area contributed by atoms with Crippen molar-refractivity contribution in [2.45, 2.75) is 13.5 Å². The van der Waals surface area contributed by atoms with Crippen molar-refractivity contribution >= 4 is 28.8 Å². The predicted molar refractivity (Wildman–Crippen MR) is 84.2 cm³/mol. The van der Waals surface area contributed by atoms with E-state index in [4.69, 9.17) is 18.0 Å². The van der Waals surface area contributed by atoms with Gasteiger partial charge in [0.1, 0.15) is 11.5 Å². The minimum Gasteiger partial charge on any atom is -0.389 e. The van der Waals surface area contributed by atoms with Gasteiger partial charge >= 0.3 is 0 Å². The molecule has 6 nitrogen and oxygen atoms in total. The van der Waals surface area contributed by atoms with E-state index in [0.29, 0.717) is 16.9 Å². The molecule has 0 radical (unpaired) electrons. The van der Waals surface area contributed by atoms with E-state index in [9.17, 15) is 9.59 Å². The summed E-state index contributed by atoms with van der Waals surface area (Å²) < 4.78 is 1.11. The molecule has 7 heteroatoms. The van der Waals surface area contributed by atoms with Gasteiger partial charge < -0.3 is 11.1 Å². The van der Waals surface area contributed by atoms with E-state index in [1.165, 1.54) is 6.07 Å². The number of benzene rings is 1. The fraction of sp³-hybridized carbons (Fsp3) is 0.143. The largest absolute Gasteiger partial charge is 0.389 e. The molecular formula is C14H14N4O2S. The summed E-state index contributed by atoms with van der Waals surface area (Å²) in [6.07, 6.45) is 0. The summed E-state index contributed by atoms with van der Waals surface area (Å²) in [5.41, 5.74) is 7.01. The summed E-state index contributed by atoms with van der Waals surface area (Å²) in [5, 5.41) is 6.69. The van der Waals surface area contributed by atoms with E-state index in [1.54, 1.807) is 37.3 Å². The third-order valence-corrected chi connectivity index (χ3v) is 2.98. The number of hydrogen-bond donors (Lipinski definition) is 2. The number of carbonyl (C=O) groups excluding carboxylic acids is 1. The molecule has 0 bridgehead atoms. The quantitative estimate of drug-likeness (QED) is 0.816. The van der Waals surface area contributed by atoms with Gasteiger partial charge in [0.05, 0.1) is 11.4 Å². The van der Waals surface area contributed by atoms with Crippen molar-refractivity contribution in [1.82, 2.24) is 9.78 Å². The Balaban J connectivity index is 2.18. The van der Waals surface area contributed by atoms with Crippen LogP contribution < -0.4 is 16.6 Å². The Morgan fingerprint density at radius 1 is 1.33 bits per heavy atom. The van der Waals surface area contributed by atoms with E-state index >= 15 is 0 Å². The molecule has 1 amide bonds. The van der Waals surface area contributed by atoms with Crippen LogP contribution in [0.2, 0.25) is 0 Å². The van der Waals surface area contributed by atoms with Gasteiger partial charge in [0.15, 0.2) is 0 Å². The van der Waals surface area contributed by atoms with Crippen LogP contribution in [0.25, 0.3) is 0 Å². The van der Waals surface area contributed by atoms with Gasteiger partial charge in [-0.25, -0.2) is 4.68 Å². The zero-order valence-electron chi connectivity index (χ0n) is 11.4. The number of nitrogens with zero attached hydrogens (tertiary/aromatic N) is 2. The van der Waals surface area contributed by atoms with Gasteiger partial charge in [-0.3, -0.25) is 9.59 Å². The zero-order chi connectivity index (χ0) is 15.4. The van der Waals surface area contributed by atoms with Crippen LogP contribution in [0.5, 0.6) is 0 Å². The van der Waals surface area contributed by atoms with Crippen molar-refractivity contribution in [3.8, 4) is 0 Å². The Hall–Kier alpha value is -2.54. The maximum atomic E-state index is 12.0. The second-order valence-electron chi connectivity index (χ2n) is 4.43. The van der Waals surface area contributed by atoms with Gasteiger partial charge in [-0.1, -0.05) is 24.4 Å². The van der Waals surface area contributed by atoms with Gasteiger partial charge in [-0.15, -0.1) is 0 Å². The molecule has 3 N–H and O–H groups in total. The minimum atomic E-state index is -0.376. The lowest BCUT2D eigenvalue weighted by atomic mass is 10.2. The van der Waals surface area contributed by atoms with Crippen molar-refractivity contribution in [3.05, 3.63) is 58.0 Å². The van der Waals surface area contributed by atoms with Crippen LogP contribution in [-0.4, -0.2) is 20.7 Å². The second-order valence-corrected chi connectivity index (χ2v) is 4.87. The van der Waals surface area contributed by atoms with E-state index < -0.39 is 0 Å². The summed E-state index contributed by atoms with van der Waals surface area (Å²) >= 11 is 4.93. The fourth-order valence-electron chi connectivity index (χ4n) is 1.80. The highest BCUT2D eigenvalue weighted by Gasteiger charge is 2.10. The molecule has 0 aliphatic heterocycles. The molecule has 2 rings (SSSR count). The van der Waals surface area contributed by atoms with Crippen molar-refractivity contribution < 1.29 is 4.79 Å². The van der Waals surface area contributed by atoms with Gasteiger partial charge in [0, 0.05) is 11.6 Å². The first-order chi connectivity index (χ1) is 9.97. The molecule has 2 aromatic rings. The zero-order valence-corrected chi connectivity index (χ0v) is 12.2. The van der Waals surface area contributed by atoms with E-state index in [0.717, 1.165) is 4.68 Å². The Kier molecular flexibility index (Phi) is 4.44. The molecule has 0 atom stereocenters. The molecule has 108 valence electrons. The van der Waals surface area contributed by atoms with Gasteiger partial charge in [-0.05, 0) is 25.1 Å². The highest BCUT2D eigenvalue weighted by molar-refractivity contribution is 7.80. The number of thiocarbonyl (C=S) groups is 1. The summed E-state index contributed by atoms with van der Waals surface area (Å²) in [5.74, 6) is -0.376. The van der Waals surface area contributed by atoms with Crippen LogP contribution in [0.3, 0.4) is 0 Å². The van der Waals surface area contributed by atoms with Crippen molar-refractivity contribution in [3.63, 3.8) is 0 Å². The molecule has 0 aliphatic rings. The number of amides is 1. The summed E-state index contributed by atoms with van der Waals surface area (Å²) in [6, 6.07) is 9.91. The molecule has 0 aliphatic carbocycles. The topological polar surface area (TPSA) is 90.0 Å². The number of para-hydroxylation sites is 1. The smallest absolute Gasteiger partial charge is 0.267 e. The molecule has 0 saturated carbocycles. The lowest BCUT2D eigenvalue weighted by Gasteiger charge is -2.10. The molecule has 0 fully saturated rings. The van der Waals surface area contributed by atoms with Gasteiger partial charge in [0.2, 0.25) is 5.91 Å². The molecule has 0 unspecified atom stereocenters. The highest BCUT2D eigenvalue weighted by Crippen LogP contribution is 2.14. The fourth-order valence-corrected chi connectivity index (χ4v) is 1.97. The first-order valence-electron chi connectivity index (χ1n) is 6.21. The number of nitrogens with one attached hydrogen (secondary N) is 1. The molecule has 21 heavy (non-hydrogen) atoms. The molecule has 1 aromatic heterocycles. The first kappa shape index (κ1) is 14.9. The highest BCUT2D eigenvalue weighted by atomic mass is 32.1. The molecule has 0 saturated heterocycles. The van der Waals surface area contributed by atoms with Crippen LogP contribution >= 0.6 is 12.2 Å². The SMILES string of the molecule is Cc1ccc(=O)n(CC(=O)Nc2ccccc2C(N)=S)n1. The Labute approximate surface area is 126 Å². The molecular weight excluding hydrogens is 288 g/mol. The van der Waals surface area contributed by atoms with Crippen molar-refractivity contribution in [2.75, 3.05) is 5.32 Å². The lowest BCUT2D eigenvalue weighted by Crippen LogP contribution is -2.30. The van der Waals surface area contributed by atoms with Crippen LogP contribution in [0.1, 0.15) is 11.3 Å². The number of hydrogen-bond acceptors (Lipinski definition) is 4.